The van der Waals surface area contributed by atoms with Gasteiger partial charge in [-0.3, -0.25) is 10.1 Å². The zero-order valence-electron chi connectivity index (χ0n) is 11.5. The Hall–Kier alpha value is -2.28. The zero-order chi connectivity index (χ0) is 15.4. The average Bonchev–Trinajstić information content (AvgIpc) is 2.80. The first-order chi connectivity index (χ1) is 10.0. The van der Waals surface area contributed by atoms with Gasteiger partial charge in [-0.05, 0) is 26.0 Å². The molecule has 0 aliphatic rings. The van der Waals surface area contributed by atoms with Gasteiger partial charge in [0.2, 0.25) is 5.88 Å². The predicted molar refractivity (Wildman–Crippen MR) is 78.8 cm³/mol. The van der Waals surface area contributed by atoms with Crippen LogP contribution in [0.1, 0.15) is 33.3 Å². The number of hydrogen-bond donors (Lipinski definition) is 2. The molecule has 1 amide bonds. The molecule has 110 valence electrons. The van der Waals surface area contributed by atoms with Crippen LogP contribution < -0.4 is 5.32 Å². The Kier molecular flexibility index (Phi) is 4.64. The fourth-order valence-corrected chi connectivity index (χ4v) is 2.00. The van der Waals surface area contributed by atoms with E-state index in [0.717, 1.165) is 0 Å². The van der Waals surface area contributed by atoms with Crippen LogP contribution in [0, 0.1) is 6.92 Å². The van der Waals surface area contributed by atoms with Gasteiger partial charge in [-0.25, -0.2) is 4.79 Å². The Balaban J connectivity index is 2.27. The summed E-state index contributed by atoms with van der Waals surface area (Å²) in [5, 5.41) is 6.19. The largest absolute Gasteiger partial charge is 0.462 e. The molecule has 7 heteroatoms. The molecule has 0 atom stereocenters. The summed E-state index contributed by atoms with van der Waals surface area (Å²) in [5.41, 5.74) is 0.828. The molecule has 1 aromatic carbocycles. The molecular weight excluding hydrogens is 292 g/mol. The summed E-state index contributed by atoms with van der Waals surface area (Å²) in [6.45, 7) is 3.50. The smallest absolute Gasteiger partial charge is 0.345 e. The minimum absolute atomic E-state index is 0.0347. The lowest BCUT2D eigenvalue weighted by Gasteiger charge is -2.06. The second-order valence-corrected chi connectivity index (χ2v) is 4.65. The quantitative estimate of drug-likeness (QED) is 0.670. The van der Waals surface area contributed by atoms with E-state index in [-0.39, 0.29) is 18.1 Å². The van der Waals surface area contributed by atoms with Gasteiger partial charge < -0.3 is 9.26 Å². The summed E-state index contributed by atoms with van der Waals surface area (Å²) < 4.78 is 9.90. The maximum Gasteiger partial charge on any atom is 0.345 e. The van der Waals surface area contributed by atoms with E-state index in [1.165, 1.54) is 0 Å². The van der Waals surface area contributed by atoms with Crippen LogP contribution in [0.2, 0.25) is 0 Å². The molecule has 1 N–H and O–H groups in total. The van der Waals surface area contributed by atoms with Gasteiger partial charge in [-0.2, -0.15) is 0 Å². The number of aryl methyl sites for hydroxylation is 1. The molecule has 2 aromatic rings. The third-order valence-electron chi connectivity index (χ3n) is 2.72. The molecule has 0 saturated heterocycles. The molecule has 1 heterocycles. The lowest BCUT2D eigenvalue weighted by atomic mass is 10.2. The van der Waals surface area contributed by atoms with Gasteiger partial charge in [0.05, 0.1) is 17.9 Å². The number of ether oxygens (including phenoxy) is 1. The fourth-order valence-electron chi connectivity index (χ4n) is 1.73. The van der Waals surface area contributed by atoms with E-state index < -0.39 is 11.9 Å². The minimum Gasteiger partial charge on any atom is -0.462 e. The van der Waals surface area contributed by atoms with Crippen molar-refractivity contribution in [3.8, 4) is 0 Å². The Bertz CT molecular complexity index is 681. The van der Waals surface area contributed by atoms with E-state index in [9.17, 15) is 9.59 Å². The maximum atomic E-state index is 12.2. The van der Waals surface area contributed by atoms with Crippen molar-refractivity contribution in [2.45, 2.75) is 18.7 Å². The van der Waals surface area contributed by atoms with Gasteiger partial charge >= 0.3 is 5.97 Å². The molecule has 6 nitrogen and oxygen atoms in total. The van der Waals surface area contributed by atoms with Crippen LogP contribution in [-0.2, 0) is 4.74 Å². The van der Waals surface area contributed by atoms with E-state index in [4.69, 9.17) is 9.26 Å². The number of nitrogens with one attached hydrogen (secondary N) is 1. The van der Waals surface area contributed by atoms with Gasteiger partial charge in [0.25, 0.3) is 5.91 Å². The van der Waals surface area contributed by atoms with E-state index in [0.29, 0.717) is 16.2 Å². The molecule has 0 saturated carbocycles. The van der Waals surface area contributed by atoms with Crippen molar-refractivity contribution in [2.75, 3.05) is 11.9 Å². The van der Waals surface area contributed by atoms with Gasteiger partial charge in [-0.1, -0.05) is 17.3 Å². The van der Waals surface area contributed by atoms with Gasteiger partial charge in [0.15, 0.2) is 0 Å². The van der Waals surface area contributed by atoms with Crippen LogP contribution in [0.15, 0.2) is 33.7 Å². The number of nitrogens with zero attached hydrogens (tertiary/aromatic N) is 1. The van der Waals surface area contributed by atoms with Crippen LogP contribution in [0.3, 0.4) is 0 Å². The highest BCUT2D eigenvalue weighted by Crippen LogP contribution is 2.22. The van der Waals surface area contributed by atoms with Gasteiger partial charge in [0.1, 0.15) is 5.56 Å². The normalized spacial score (nSPS) is 10.2. The van der Waals surface area contributed by atoms with Crippen molar-refractivity contribution < 1.29 is 18.8 Å². The lowest BCUT2D eigenvalue weighted by Crippen LogP contribution is -2.15. The van der Waals surface area contributed by atoms with Crippen LogP contribution >= 0.6 is 12.6 Å². The molecule has 21 heavy (non-hydrogen) atoms. The first kappa shape index (κ1) is 15.1. The highest BCUT2D eigenvalue weighted by atomic mass is 32.1. The maximum absolute atomic E-state index is 12.2. The third kappa shape index (κ3) is 3.25. The molecule has 0 aliphatic carbocycles. The Morgan fingerprint density at radius 1 is 1.38 bits per heavy atom. The lowest BCUT2D eigenvalue weighted by molar-refractivity contribution is 0.0526. The van der Waals surface area contributed by atoms with Crippen molar-refractivity contribution in [1.82, 2.24) is 5.16 Å². The zero-order valence-corrected chi connectivity index (χ0v) is 12.4. The number of anilines is 1. The molecule has 0 spiro atoms. The first-order valence-electron chi connectivity index (χ1n) is 6.27. The van der Waals surface area contributed by atoms with Crippen molar-refractivity contribution >= 4 is 30.4 Å². The molecule has 0 aliphatic heterocycles. The number of amides is 1. The predicted octanol–water partition coefficient (Wildman–Crippen LogP) is 2.70. The Labute approximate surface area is 126 Å². The molecule has 0 fully saturated rings. The molecule has 0 unspecified atom stereocenters. The fraction of sp³-hybridized carbons (Fsp3) is 0.214. The topological polar surface area (TPSA) is 81.4 Å². The molecule has 0 radical (unpaired) electrons. The first-order valence-corrected chi connectivity index (χ1v) is 6.72. The number of aromatic nitrogens is 1. The van der Waals surface area contributed by atoms with E-state index in [1.54, 1.807) is 38.1 Å². The molecule has 2 rings (SSSR count). The van der Waals surface area contributed by atoms with Crippen LogP contribution in [0.4, 0.5) is 5.88 Å². The van der Waals surface area contributed by atoms with E-state index in [2.05, 4.69) is 23.1 Å². The van der Waals surface area contributed by atoms with Crippen LogP contribution in [0.5, 0.6) is 0 Å². The number of benzene rings is 1. The Morgan fingerprint density at radius 3 is 2.76 bits per heavy atom. The van der Waals surface area contributed by atoms with Gasteiger partial charge in [0, 0.05) is 4.90 Å². The second-order valence-electron chi connectivity index (χ2n) is 4.16. The third-order valence-corrected chi connectivity index (χ3v) is 3.11. The van der Waals surface area contributed by atoms with E-state index in [1.807, 2.05) is 0 Å². The summed E-state index contributed by atoms with van der Waals surface area (Å²) in [6, 6.07) is 6.79. The van der Waals surface area contributed by atoms with Gasteiger partial charge in [-0.15, -0.1) is 12.6 Å². The average molecular weight is 306 g/mol. The van der Waals surface area contributed by atoms with Crippen molar-refractivity contribution in [3.63, 3.8) is 0 Å². The number of rotatable bonds is 4. The SMILES string of the molecule is CCOC(=O)c1c(C)noc1NC(=O)c1ccccc1S. The standard InChI is InChI=1S/C14H14N2O4S/c1-3-19-14(18)11-8(2)16-20-13(11)15-12(17)9-6-4-5-7-10(9)21/h4-7,21H,3H2,1-2H3,(H,15,17). The monoisotopic (exact) mass is 306 g/mol. The summed E-state index contributed by atoms with van der Waals surface area (Å²) in [4.78, 5) is 24.5. The number of esters is 1. The molecular formula is C14H14N2O4S. The summed E-state index contributed by atoms with van der Waals surface area (Å²) in [6.07, 6.45) is 0. The number of hydrogen-bond acceptors (Lipinski definition) is 6. The number of carbonyl (C=O) groups excluding carboxylic acids is 2. The van der Waals surface area contributed by atoms with Crippen molar-refractivity contribution in [2.24, 2.45) is 0 Å². The highest BCUT2D eigenvalue weighted by Gasteiger charge is 2.24. The summed E-state index contributed by atoms with van der Waals surface area (Å²) in [5.74, 6) is -1.07. The number of carbonyl (C=O) groups is 2. The van der Waals surface area contributed by atoms with Crippen LogP contribution in [0.25, 0.3) is 0 Å². The van der Waals surface area contributed by atoms with Crippen molar-refractivity contribution in [3.05, 3.63) is 41.1 Å². The number of thiol groups is 1. The summed E-state index contributed by atoms with van der Waals surface area (Å²) >= 11 is 4.21. The molecule has 0 bridgehead atoms. The molecule has 1 aromatic heterocycles. The van der Waals surface area contributed by atoms with E-state index >= 15 is 0 Å². The Morgan fingerprint density at radius 2 is 2.10 bits per heavy atom. The minimum atomic E-state index is -0.592. The van der Waals surface area contributed by atoms with Crippen molar-refractivity contribution in [1.29, 1.82) is 0 Å². The highest BCUT2D eigenvalue weighted by molar-refractivity contribution is 7.80. The summed E-state index contributed by atoms with van der Waals surface area (Å²) in [7, 11) is 0. The van der Waals surface area contributed by atoms with Crippen LogP contribution in [-0.4, -0.2) is 23.6 Å². The second kappa shape index (κ2) is 6.45.